The van der Waals surface area contributed by atoms with Gasteiger partial charge in [0.1, 0.15) is 0 Å². The number of rotatable bonds is 5. The number of nitrogens with zero attached hydrogens (tertiary/aromatic N) is 1. The van der Waals surface area contributed by atoms with E-state index in [1.807, 2.05) is 11.8 Å². The first-order valence-electron chi connectivity index (χ1n) is 10.7. The second-order valence-corrected chi connectivity index (χ2v) is 9.97. The zero-order chi connectivity index (χ0) is 18.3. The Morgan fingerprint density at radius 1 is 1.15 bits per heavy atom. The molecule has 4 saturated carbocycles. The van der Waals surface area contributed by atoms with E-state index >= 15 is 0 Å². The Morgan fingerprint density at radius 2 is 1.77 bits per heavy atom. The fourth-order valence-electron chi connectivity index (χ4n) is 6.86. The van der Waals surface area contributed by atoms with Crippen molar-refractivity contribution in [1.29, 1.82) is 0 Å². The van der Waals surface area contributed by atoms with Gasteiger partial charge in [-0.05, 0) is 87.4 Å². The molecule has 2 unspecified atom stereocenters. The predicted molar refractivity (Wildman–Crippen MR) is 101 cm³/mol. The summed E-state index contributed by atoms with van der Waals surface area (Å²) in [5.41, 5.74) is 6.25. The van der Waals surface area contributed by atoms with Gasteiger partial charge < -0.3 is 16.0 Å². The van der Waals surface area contributed by atoms with Crippen LogP contribution in [0.15, 0.2) is 0 Å². The van der Waals surface area contributed by atoms with Crippen LogP contribution in [0.25, 0.3) is 0 Å². The van der Waals surface area contributed by atoms with Gasteiger partial charge >= 0.3 is 0 Å². The first-order valence-corrected chi connectivity index (χ1v) is 10.7. The van der Waals surface area contributed by atoms with Crippen molar-refractivity contribution in [2.75, 3.05) is 19.6 Å². The molecule has 2 amide bonds. The Labute approximate surface area is 157 Å². The van der Waals surface area contributed by atoms with Crippen LogP contribution in [0.4, 0.5) is 0 Å². The van der Waals surface area contributed by atoms with E-state index in [0.29, 0.717) is 12.3 Å². The van der Waals surface area contributed by atoms with Gasteiger partial charge in [0.25, 0.3) is 0 Å². The van der Waals surface area contributed by atoms with Crippen LogP contribution in [0.2, 0.25) is 0 Å². The highest BCUT2D eigenvalue weighted by Gasteiger charge is 2.51. The number of hydrogen-bond donors (Lipinski definition) is 2. The number of hydrogen-bond acceptors (Lipinski definition) is 3. The van der Waals surface area contributed by atoms with Gasteiger partial charge in [-0.2, -0.15) is 0 Å². The van der Waals surface area contributed by atoms with Crippen molar-refractivity contribution in [1.82, 2.24) is 10.2 Å². The highest BCUT2D eigenvalue weighted by Crippen LogP contribution is 2.61. The molecule has 26 heavy (non-hydrogen) atoms. The second-order valence-electron chi connectivity index (χ2n) is 9.97. The second kappa shape index (κ2) is 7.14. The van der Waals surface area contributed by atoms with Crippen LogP contribution in [0.5, 0.6) is 0 Å². The summed E-state index contributed by atoms with van der Waals surface area (Å²) in [7, 11) is 0. The first kappa shape index (κ1) is 18.3. The van der Waals surface area contributed by atoms with Gasteiger partial charge in [-0.3, -0.25) is 9.59 Å². The van der Waals surface area contributed by atoms with Gasteiger partial charge in [0.2, 0.25) is 11.8 Å². The quantitative estimate of drug-likeness (QED) is 0.789. The lowest BCUT2D eigenvalue weighted by Crippen LogP contribution is -2.50. The number of nitrogens with one attached hydrogen (secondary N) is 1. The molecule has 4 bridgehead atoms. The minimum atomic E-state index is 0.0502. The Balaban J connectivity index is 1.26. The van der Waals surface area contributed by atoms with Gasteiger partial charge in [-0.25, -0.2) is 0 Å². The fraction of sp³-hybridized carbons (Fsp3) is 0.905. The molecule has 0 aromatic rings. The number of carbonyl (C=O) groups excluding carboxylic acids is 2. The van der Waals surface area contributed by atoms with Crippen molar-refractivity contribution < 1.29 is 9.59 Å². The fourth-order valence-corrected chi connectivity index (χ4v) is 6.86. The van der Waals surface area contributed by atoms with Crippen LogP contribution >= 0.6 is 0 Å². The summed E-state index contributed by atoms with van der Waals surface area (Å²) in [5, 5.41) is 2.94. The van der Waals surface area contributed by atoms with Gasteiger partial charge in [0.05, 0.1) is 6.54 Å². The number of nitrogens with two attached hydrogens (primary N) is 1. The molecule has 5 heteroatoms. The third-order valence-corrected chi connectivity index (χ3v) is 7.69. The molecule has 0 radical (unpaired) electrons. The molecule has 0 spiro atoms. The Morgan fingerprint density at radius 3 is 2.35 bits per heavy atom. The Kier molecular flexibility index (Phi) is 5.02. The predicted octanol–water partition coefficient (Wildman–Crippen LogP) is 2.29. The number of carbonyl (C=O) groups is 2. The molecule has 5 rings (SSSR count). The summed E-state index contributed by atoms with van der Waals surface area (Å²) in [6.07, 6.45) is 10.7. The van der Waals surface area contributed by atoms with Gasteiger partial charge in [-0.15, -0.1) is 0 Å². The van der Waals surface area contributed by atoms with E-state index in [0.717, 1.165) is 43.7 Å². The van der Waals surface area contributed by atoms with Crippen LogP contribution in [0.3, 0.4) is 0 Å². The first-order chi connectivity index (χ1) is 12.4. The maximum absolute atomic E-state index is 12.6. The lowest BCUT2D eigenvalue weighted by molar-refractivity contribution is -0.136. The minimum Gasteiger partial charge on any atom is -0.347 e. The standard InChI is InChI=1S/C21H35N3O2/c1-14(22)18-3-2-4-24(13-18)20(26)12-23-19(25)11-21-8-15-5-16(9-21)7-17(6-15)10-21/h14-18H,2-13,22H2,1H3,(H,23,25). The highest BCUT2D eigenvalue weighted by atomic mass is 16.2. The summed E-state index contributed by atoms with van der Waals surface area (Å²) in [6.45, 7) is 3.71. The molecule has 5 fully saturated rings. The number of likely N-dealkylation sites (tertiary alicyclic amines) is 1. The monoisotopic (exact) mass is 361 g/mol. The van der Waals surface area contributed by atoms with Crippen molar-refractivity contribution in [3.05, 3.63) is 0 Å². The minimum absolute atomic E-state index is 0.0502. The Bertz CT molecular complexity index is 524. The van der Waals surface area contributed by atoms with Crippen molar-refractivity contribution in [3.63, 3.8) is 0 Å². The topological polar surface area (TPSA) is 75.4 Å². The third-order valence-electron chi connectivity index (χ3n) is 7.69. The van der Waals surface area contributed by atoms with Crippen LogP contribution in [-0.2, 0) is 9.59 Å². The van der Waals surface area contributed by atoms with E-state index in [4.69, 9.17) is 5.73 Å². The molecule has 2 atom stereocenters. The van der Waals surface area contributed by atoms with Gasteiger partial charge in [0, 0.05) is 25.6 Å². The lowest BCUT2D eigenvalue weighted by atomic mass is 9.49. The van der Waals surface area contributed by atoms with E-state index in [-0.39, 0.29) is 29.8 Å². The van der Waals surface area contributed by atoms with E-state index < -0.39 is 0 Å². The van der Waals surface area contributed by atoms with E-state index in [1.165, 1.54) is 38.5 Å². The van der Waals surface area contributed by atoms with Crippen LogP contribution < -0.4 is 11.1 Å². The summed E-state index contributed by atoms with van der Waals surface area (Å²) in [6, 6.07) is 0.122. The molecule has 0 aromatic carbocycles. The molecular weight excluding hydrogens is 326 g/mol. The van der Waals surface area contributed by atoms with Crippen molar-refractivity contribution >= 4 is 11.8 Å². The Hall–Kier alpha value is -1.10. The zero-order valence-corrected chi connectivity index (χ0v) is 16.2. The van der Waals surface area contributed by atoms with Crippen LogP contribution in [0, 0.1) is 29.1 Å². The van der Waals surface area contributed by atoms with Gasteiger partial charge in [-0.1, -0.05) is 0 Å². The molecule has 4 aliphatic carbocycles. The molecule has 3 N–H and O–H groups in total. The molecule has 5 aliphatic rings. The maximum Gasteiger partial charge on any atom is 0.241 e. The van der Waals surface area contributed by atoms with Crippen molar-refractivity contribution in [2.45, 2.75) is 70.8 Å². The molecule has 1 aliphatic heterocycles. The third kappa shape index (κ3) is 3.78. The van der Waals surface area contributed by atoms with E-state index in [2.05, 4.69) is 5.32 Å². The number of piperidine rings is 1. The molecule has 146 valence electrons. The molecule has 0 aromatic heterocycles. The van der Waals surface area contributed by atoms with Crippen LogP contribution in [0.1, 0.15) is 64.7 Å². The zero-order valence-electron chi connectivity index (χ0n) is 16.2. The molecule has 1 saturated heterocycles. The van der Waals surface area contributed by atoms with Crippen molar-refractivity contribution in [3.8, 4) is 0 Å². The van der Waals surface area contributed by atoms with Crippen molar-refractivity contribution in [2.24, 2.45) is 34.8 Å². The van der Waals surface area contributed by atoms with E-state index in [1.54, 1.807) is 0 Å². The molecule has 5 nitrogen and oxygen atoms in total. The van der Waals surface area contributed by atoms with Crippen LogP contribution in [-0.4, -0.2) is 42.4 Å². The summed E-state index contributed by atoms with van der Waals surface area (Å²) in [4.78, 5) is 27.0. The smallest absolute Gasteiger partial charge is 0.241 e. The molecular formula is C21H35N3O2. The average molecular weight is 362 g/mol. The number of amides is 2. The average Bonchev–Trinajstić information content (AvgIpc) is 2.58. The largest absolute Gasteiger partial charge is 0.347 e. The maximum atomic E-state index is 12.6. The molecule has 1 heterocycles. The SMILES string of the molecule is CC(N)C1CCCN(C(=O)CNC(=O)CC23CC4CC(CC(C4)C2)C3)C1. The normalized spacial score (nSPS) is 39.7. The summed E-state index contributed by atoms with van der Waals surface area (Å²) < 4.78 is 0. The van der Waals surface area contributed by atoms with Gasteiger partial charge in [0.15, 0.2) is 0 Å². The van der Waals surface area contributed by atoms with E-state index in [9.17, 15) is 9.59 Å². The highest BCUT2D eigenvalue weighted by molar-refractivity contribution is 5.85. The lowest BCUT2D eigenvalue weighted by Gasteiger charge is -2.56. The summed E-state index contributed by atoms with van der Waals surface area (Å²) in [5.74, 6) is 3.10. The summed E-state index contributed by atoms with van der Waals surface area (Å²) >= 11 is 0.